The minimum Gasteiger partial charge on any atom is -0.494 e. The Hall–Kier alpha value is -4.63. The molecule has 0 aliphatic rings. The van der Waals surface area contributed by atoms with Crippen molar-refractivity contribution in [3.63, 3.8) is 0 Å². The molecule has 1 atom stereocenters. The maximum atomic E-state index is 14.3. The molecule has 43 heavy (non-hydrogen) atoms. The summed E-state index contributed by atoms with van der Waals surface area (Å²) in [6, 6.07) is 30.8. The van der Waals surface area contributed by atoms with E-state index in [9.17, 15) is 18.0 Å². The van der Waals surface area contributed by atoms with Gasteiger partial charge in [0.25, 0.3) is 10.0 Å². The van der Waals surface area contributed by atoms with Crippen LogP contribution in [0.1, 0.15) is 23.6 Å². The van der Waals surface area contributed by atoms with Crippen LogP contribution >= 0.6 is 0 Å². The van der Waals surface area contributed by atoms with Gasteiger partial charge in [0.05, 0.1) is 17.2 Å². The van der Waals surface area contributed by atoms with Gasteiger partial charge in [0.15, 0.2) is 0 Å². The van der Waals surface area contributed by atoms with Gasteiger partial charge in [-0.25, -0.2) is 8.42 Å². The number of ether oxygens (including phenoxy) is 1. The predicted molar refractivity (Wildman–Crippen MR) is 168 cm³/mol. The summed E-state index contributed by atoms with van der Waals surface area (Å²) in [6.07, 6.45) is 0.257. The summed E-state index contributed by atoms with van der Waals surface area (Å²) < 4.78 is 34.6. The number of rotatable bonds is 13. The number of benzene rings is 4. The number of carbonyl (C=O) groups is 2. The number of anilines is 1. The number of amides is 2. The van der Waals surface area contributed by atoms with Gasteiger partial charge >= 0.3 is 0 Å². The monoisotopic (exact) mass is 599 g/mol. The fourth-order valence-electron chi connectivity index (χ4n) is 4.73. The van der Waals surface area contributed by atoms with E-state index in [2.05, 4.69) is 5.32 Å². The molecule has 0 bridgehead atoms. The molecule has 0 aromatic heterocycles. The number of nitrogens with zero attached hydrogens (tertiary/aromatic N) is 2. The number of nitrogens with one attached hydrogen (secondary N) is 1. The summed E-state index contributed by atoms with van der Waals surface area (Å²) in [5.74, 6) is -0.278. The van der Waals surface area contributed by atoms with Crippen LogP contribution in [0.15, 0.2) is 114 Å². The zero-order chi connectivity index (χ0) is 30.8. The number of likely N-dealkylation sites (N-methyl/N-ethyl adjacent to an activating group) is 1. The summed E-state index contributed by atoms with van der Waals surface area (Å²) in [4.78, 5) is 29.2. The van der Waals surface area contributed by atoms with E-state index < -0.39 is 28.5 Å². The Morgan fingerprint density at radius 2 is 1.42 bits per heavy atom. The fourth-order valence-corrected chi connectivity index (χ4v) is 6.17. The highest BCUT2D eigenvalue weighted by molar-refractivity contribution is 7.92. The molecule has 8 nitrogen and oxygen atoms in total. The Kier molecular flexibility index (Phi) is 10.6. The van der Waals surface area contributed by atoms with Gasteiger partial charge in [-0.15, -0.1) is 0 Å². The molecule has 0 fully saturated rings. The van der Waals surface area contributed by atoms with Crippen LogP contribution in [0.5, 0.6) is 5.75 Å². The number of aryl methyl sites for hydroxylation is 1. The minimum absolute atomic E-state index is 0.0499. The van der Waals surface area contributed by atoms with Gasteiger partial charge in [0.1, 0.15) is 18.3 Å². The van der Waals surface area contributed by atoms with Crippen molar-refractivity contribution in [3.05, 3.63) is 126 Å². The molecule has 224 valence electrons. The van der Waals surface area contributed by atoms with Crippen LogP contribution in [0.2, 0.25) is 0 Å². The van der Waals surface area contributed by atoms with Gasteiger partial charge in [0.2, 0.25) is 11.8 Å². The van der Waals surface area contributed by atoms with E-state index in [-0.39, 0.29) is 23.8 Å². The highest BCUT2D eigenvalue weighted by atomic mass is 32.2. The molecule has 0 aliphatic heterocycles. The van der Waals surface area contributed by atoms with Crippen LogP contribution in [0.25, 0.3) is 0 Å². The molecule has 9 heteroatoms. The molecule has 0 radical (unpaired) electrons. The van der Waals surface area contributed by atoms with E-state index in [1.165, 1.54) is 24.1 Å². The Morgan fingerprint density at radius 1 is 0.814 bits per heavy atom. The first-order valence-electron chi connectivity index (χ1n) is 14.1. The number of carbonyl (C=O) groups excluding carboxylic acids is 2. The van der Waals surface area contributed by atoms with Crippen molar-refractivity contribution >= 4 is 27.5 Å². The molecule has 4 aromatic rings. The lowest BCUT2D eigenvalue weighted by molar-refractivity contribution is -0.139. The SMILES string of the molecule is CCOc1ccc(N(CC(=O)N(Cc2ccc(C)cc2)[C@H](Cc2ccccc2)C(=O)NC)S(=O)(=O)c2ccccc2)cc1. The number of hydrogen-bond donors (Lipinski definition) is 1. The van der Waals surface area contributed by atoms with Gasteiger partial charge in [-0.2, -0.15) is 0 Å². The van der Waals surface area contributed by atoms with Crippen LogP contribution in [-0.4, -0.2) is 51.4 Å². The normalized spacial score (nSPS) is 11.8. The van der Waals surface area contributed by atoms with E-state index in [1.807, 2.05) is 68.4 Å². The average molecular weight is 600 g/mol. The quantitative estimate of drug-likeness (QED) is 0.234. The second-order valence-corrected chi connectivity index (χ2v) is 11.9. The standard InChI is InChI=1S/C34H37N3O5S/c1-4-42-30-21-19-29(20-22-30)37(43(40,41)31-13-9-6-10-14-31)25-33(38)36(24-28-17-15-26(2)16-18-28)32(34(39)35-3)23-27-11-7-5-8-12-27/h5-22,32H,4,23-25H2,1-3H3,(H,35,39)/t32-/m1/s1. The lowest BCUT2D eigenvalue weighted by Crippen LogP contribution is -2.53. The summed E-state index contributed by atoms with van der Waals surface area (Å²) in [5, 5.41) is 2.70. The van der Waals surface area contributed by atoms with Gasteiger partial charge < -0.3 is 15.0 Å². The topological polar surface area (TPSA) is 96.0 Å². The third kappa shape index (κ3) is 8.02. The maximum absolute atomic E-state index is 14.3. The summed E-state index contributed by atoms with van der Waals surface area (Å²) in [7, 11) is -2.62. The molecule has 0 heterocycles. The molecule has 0 unspecified atom stereocenters. The van der Waals surface area contributed by atoms with Crippen molar-refractivity contribution in [2.24, 2.45) is 0 Å². The highest BCUT2D eigenvalue weighted by Gasteiger charge is 2.34. The van der Waals surface area contributed by atoms with E-state index in [0.29, 0.717) is 18.0 Å². The van der Waals surface area contributed by atoms with E-state index >= 15 is 0 Å². The second kappa shape index (κ2) is 14.5. The first-order valence-corrected chi connectivity index (χ1v) is 15.6. The predicted octanol–water partition coefficient (Wildman–Crippen LogP) is 4.98. The third-order valence-corrected chi connectivity index (χ3v) is 8.82. The Morgan fingerprint density at radius 3 is 2.00 bits per heavy atom. The van der Waals surface area contributed by atoms with Crippen LogP contribution in [0.3, 0.4) is 0 Å². The van der Waals surface area contributed by atoms with Gasteiger partial charge in [-0.05, 0) is 61.4 Å². The van der Waals surface area contributed by atoms with E-state index in [1.54, 1.807) is 42.5 Å². The maximum Gasteiger partial charge on any atom is 0.264 e. The van der Waals surface area contributed by atoms with Crippen molar-refractivity contribution in [1.29, 1.82) is 0 Å². The van der Waals surface area contributed by atoms with Gasteiger partial charge in [0, 0.05) is 20.0 Å². The molecule has 4 rings (SSSR count). The molecule has 0 saturated carbocycles. The van der Waals surface area contributed by atoms with E-state index in [4.69, 9.17) is 4.74 Å². The summed E-state index contributed by atoms with van der Waals surface area (Å²) in [5.41, 5.74) is 3.05. The zero-order valence-electron chi connectivity index (χ0n) is 24.6. The molecule has 2 amide bonds. The lowest BCUT2D eigenvalue weighted by Gasteiger charge is -2.33. The van der Waals surface area contributed by atoms with Crippen molar-refractivity contribution in [3.8, 4) is 5.75 Å². The lowest BCUT2D eigenvalue weighted by atomic mass is 10.0. The molecule has 1 N–H and O–H groups in total. The Labute approximate surface area is 254 Å². The van der Waals surface area contributed by atoms with Crippen LogP contribution in [-0.2, 0) is 32.6 Å². The van der Waals surface area contributed by atoms with Gasteiger partial charge in [-0.1, -0.05) is 78.4 Å². The number of hydrogen-bond acceptors (Lipinski definition) is 5. The summed E-state index contributed by atoms with van der Waals surface area (Å²) in [6.45, 7) is 3.89. The molecule has 0 spiro atoms. The molecular weight excluding hydrogens is 562 g/mol. The third-order valence-electron chi connectivity index (χ3n) is 7.04. The first kappa shape index (κ1) is 31.3. The van der Waals surface area contributed by atoms with Gasteiger partial charge in [-0.3, -0.25) is 13.9 Å². The Bertz CT molecular complexity index is 1590. The first-order chi connectivity index (χ1) is 20.7. The minimum atomic E-state index is -4.15. The largest absolute Gasteiger partial charge is 0.494 e. The Balaban J connectivity index is 1.77. The van der Waals surface area contributed by atoms with Crippen molar-refractivity contribution in [2.75, 3.05) is 24.5 Å². The number of sulfonamides is 1. The summed E-state index contributed by atoms with van der Waals surface area (Å²) >= 11 is 0. The molecule has 4 aromatic carbocycles. The molecule has 0 aliphatic carbocycles. The van der Waals surface area contributed by atoms with Crippen molar-refractivity contribution in [1.82, 2.24) is 10.2 Å². The zero-order valence-corrected chi connectivity index (χ0v) is 25.5. The van der Waals surface area contributed by atoms with Crippen molar-refractivity contribution < 1.29 is 22.7 Å². The average Bonchev–Trinajstić information content (AvgIpc) is 3.03. The molecule has 0 saturated heterocycles. The smallest absolute Gasteiger partial charge is 0.264 e. The second-order valence-electron chi connectivity index (χ2n) is 10.1. The van der Waals surface area contributed by atoms with Crippen molar-refractivity contribution in [2.45, 2.75) is 37.8 Å². The van der Waals surface area contributed by atoms with E-state index in [0.717, 1.165) is 21.0 Å². The van der Waals surface area contributed by atoms with Crippen LogP contribution in [0.4, 0.5) is 5.69 Å². The van der Waals surface area contributed by atoms with Crippen LogP contribution < -0.4 is 14.4 Å². The highest BCUT2D eigenvalue weighted by Crippen LogP contribution is 2.27. The fraction of sp³-hybridized carbons (Fsp3) is 0.235. The molecular formula is C34H37N3O5S. The van der Waals surface area contributed by atoms with Crippen LogP contribution in [0, 0.1) is 6.92 Å².